The molecule has 1 N–H and O–H groups in total. The summed E-state index contributed by atoms with van der Waals surface area (Å²) in [4.78, 5) is 17.3. The first-order chi connectivity index (χ1) is 8.85. The van der Waals surface area contributed by atoms with Crippen LogP contribution in [0.25, 0.3) is 0 Å². The maximum absolute atomic E-state index is 10.8. The fraction of sp³-hybridized carbons (Fsp3) is 0.571. The second kappa shape index (κ2) is 5.27. The van der Waals surface area contributed by atoms with Gasteiger partial charge in [-0.1, -0.05) is 0 Å². The summed E-state index contributed by atoms with van der Waals surface area (Å²) in [5.74, 6) is -0.944. The molecule has 1 atom stereocenters. The third-order valence-electron chi connectivity index (χ3n) is 3.10. The van der Waals surface area contributed by atoms with Gasteiger partial charge in [0.25, 0.3) is 0 Å². The van der Waals surface area contributed by atoms with Crippen molar-refractivity contribution in [2.75, 3.05) is 13.1 Å². The van der Waals surface area contributed by atoms with Crippen molar-refractivity contribution >= 4 is 5.97 Å². The van der Waals surface area contributed by atoms with Crippen LogP contribution in [0.4, 0.5) is 0 Å². The van der Waals surface area contributed by atoms with Crippen LogP contribution in [0.5, 0.6) is 0 Å². The Bertz CT molecular complexity index is 456. The summed E-state index contributed by atoms with van der Waals surface area (Å²) in [6.07, 6.45) is 1.61. The molecular formula is C14H20N2O3. The van der Waals surface area contributed by atoms with Gasteiger partial charge in [-0.2, -0.15) is 0 Å². The third kappa shape index (κ3) is 3.75. The van der Waals surface area contributed by atoms with Gasteiger partial charge in [0.1, 0.15) is 0 Å². The van der Waals surface area contributed by atoms with Crippen molar-refractivity contribution in [2.24, 2.45) is 0 Å². The van der Waals surface area contributed by atoms with Crippen LogP contribution in [-0.4, -0.2) is 45.8 Å². The Hall–Kier alpha value is -1.46. The van der Waals surface area contributed by atoms with Crippen LogP contribution >= 0.6 is 0 Å². The topological polar surface area (TPSA) is 62.7 Å². The summed E-state index contributed by atoms with van der Waals surface area (Å²) >= 11 is 0. The fourth-order valence-corrected chi connectivity index (χ4v) is 2.58. The lowest BCUT2D eigenvalue weighted by atomic mass is 10.1. The van der Waals surface area contributed by atoms with Crippen LogP contribution < -0.4 is 0 Å². The molecule has 0 saturated carbocycles. The number of carboxylic acid groups (broad SMARTS) is 1. The van der Waals surface area contributed by atoms with E-state index < -0.39 is 5.97 Å². The number of pyridine rings is 1. The smallest absolute Gasteiger partial charge is 0.337 e. The van der Waals surface area contributed by atoms with Crippen molar-refractivity contribution in [1.29, 1.82) is 0 Å². The zero-order chi connectivity index (χ0) is 14.0. The lowest BCUT2D eigenvalue weighted by Gasteiger charge is -2.41. The molecule has 0 aliphatic carbocycles. The molecule has 1 unspecified atom stereocenters. The number of morpholine rings is 1. The number of aromatic carboxylic acids is 1. The molecule has 0 spiro atoms. The lowest BCUT2D eigenvalue weighted by molar-refractivity contribution is -0.130. The predicted molar refractivity (Wildman–Crippen MR) is 71.1 cm³/mol. The Balaban J connectivity index is 2.02. The highest BCUT2D eigenvalue weighted by atomic mass is 16.5. The molecule has 2 rings (SSSR count). The third-order valence-corrected chi connectivity index (χ3v) is 3.10. The molecule has 1 fully saturated rings. The SMILES string of the molecule is CC1CN(Cc2ccc(C(=O)O)cn2)CC(C)(C)O1. The van der Waals surface area contributed by atoms with E-state index in [9.17, 15) is 4.79 Å². The molecule has 19 heavy (non-hydrogen) atoms. The molecule has 5 heteroatoms. The molecule has 0 amide bonds. The van der Waals surface area contributed by atoms with E-state index in [1.165, 1.54) is 6.20 Å². The number of rotatable bonds is 3. The number of ether oxygens (including phenoxy) is 1. The first-order valence-corrected chi connectivity index (χ1v) is 6.44. The van der Waals surface area contributed by atoms with Gasteiger partial charge in [0.05, 0.1) is 23.0 Å². The van der Waals surface area contributed by atoms with E-state index in [0.29, 0.717) is 0 Å². The van der Waals surface area contributed by atoms with Gasteiger partial charge < -0.3 is 9.84 Å². The van der Waals surface area contributed by atoms with Gasteiger partial charge in [0.15, 0.2) is 0 Å². The molecular weight excluding hydrogens is 244 g/mol. The highest BCUT2D eigenvalue weighted by molar-refractivity contribution is 5.87. The number of carboxylic acids is 1. The maximum atomic E-state index is 10.8. The second-order valence-electron chi connectivity index (χ2n) is 5.70. The quantitative estimate of drug-likeness (QED) is 0.901. The number of nitrogens with zero attached hydrogens (tertiary/aromatic N) is 2. The number of aromatic nitrogens is 1. The molecule has 1 aliphatic heterocycles. The van der Waals surface area contributed by atoms with Crippen LogP contribution in [0.15, 0.2) is 18.3 Å². The van der Waals surface area contributed by atoms with Gasteiger partial charge in [0, 0.05) is 25.8 Å². The van der Waals surface area contributed by atoms with Crippen molar-refractivity contribution in [3.63, 3.8) is 0 Å². The largest absolute Gasteiger partial charge is 0.478 e. The van der Waals surface area contributed by atoms with Crippen LogP contribution in [0.2, 0.25) is 0 Å². The van der Waals surface area contributed by atoms with Gasteiger partial charge in [-0.15, -0.1) is 0 Å². The van der Waals surface area contributed by atoms with Crippen molar-refractivity contribution in [1.82, 2.24) is 9.88 Å². The summed E-state index contributed by atoms with van der Waals surface area (Å²) in [6, 6.07) is 3.37. The second-order valence-corrected chi connectivity index (χ2v) is 5.70. The lowest BCUT2D eigenvalue weighted by Crippen LogP contribution is -2.51. The molecule has 0 bridgehead atoms. The van der Waals surface area contributed by atoms with Crippen molar-refractivity contribution in [3.8, 4) is 0 Å². The van der Waals surface area contributed by atoms with E-state index in [1.54, 1.807) is 12.1 Å². The minimum absolute atomic E-state index is 0.154. The minimum Gasteiger partial charge on any atom is -0.478 e. The standard InChI is InChI=1S/C14H20N2O3/c1-10-7-16(9-14(2,3)19-10)8-12-5-4-11(6-15-12)13(17)18/h4-6,10H,7-9H2,1-3H3,(H,17,18). The molecule has 2 heterocycles. The Morgan fingerprint density at radius 3 is 2.84 bits per heavy atom. The van der Waals surface area contributed by atoms with E-state index in [2.05, 4.69) is 30.7 Å². The van der Waals surface area contributed by atoms with Crippen LogP contribution in [0, 0.1) is 0 Å². The van der Waals surface area contributed by atoms with Gasteiger partial charge in [-0.25, -0.2) is 4.79 Å². The normalized spacial score (nSPS) is 23.2. The number of hydrogen-bond acceptors (Lipinski definition) is 4. The zero-order valence-electron chi connectivity index (χ0n) is 11.6. The van der Waals surface area contributed by atoms with E-state index in [4.69, 9.17) is 9.84 Å². The first kappa shape index (κ1) is 14.0. The summed E-state index contributed by atoms with van der Waals surface area (Å²) < 4.78 is 5.85. The molecule has 1 saturated heterocycles. The highest BCUT2D eigenvalue weighted by Gasteiger charge is 2.31. The van der Waals surface area contributed by atoms with Gasteiger partial charge in [0.2, 0.25) is 0 Å². The van der Waals surface area contributed by atoms with E-state index >= 15 is 0 Å². The summed E-state index contributed by atoms with van der Waals surface area (Å²) in [5, 5.41) is 8.83. The van der Waals surface area contributed by atoms with Gasteiger partial charge >= 0.3 is 5.97 Å². The Morgan fingerprint density at radius 2 is 2.32 bits per heavy atom. The van der Waals surface area contributed by atoms with Crippen molar-refractivity contribution < 1.29 is 14.6 Å². The average molecular weight is 264 g/mol. The summed E-state index contributed by atoms with van der Waals surface area (Å²) in [7, 11) is 0. The fourth-order valence-electron chi connectivity index (χ4n) is 2.58. The summed E-state index contributed by atoms with van der Waals surface area (Å²) in [5.41, 5.74) is 0.952. The van der Waals surface area contributed by atoms with Gasteiger partial charge in [-0.3, -0.25) is 9.88 Å². The predicted octanol–water partition coefficient (Wildman–Crippen LogP) is 1.78. The van der Waals surface area contributed by atoms with Crippen LogP contribution in [0.1, 0.15) is 36.8 Å². The van der Waals surface area contributed by atoms with Crippen molar-refractivity contribution in [3.05, 3.63) is 29.6 Å². The molecule has 5 nitrogen and oxygen atoms in total. The van der Waals surface area contributed by atoms with Crippen molar-refractivity contribution in [2.45, 2.75) is 39.0 Å². The summed E-state index contributed by atoms with van der Waals surface area (Å²) in [6.45, 7) is 8.66. The molecule has 0 aromatic carbocycles. The van der Waals surface area contributed by atoms with Gasteiger partial charge in [-0.05, 0) is 32.9 Å². The maximum Gasteiger partial charge on any atom is 0.337 e. The van der Waals surface area contributed by atoms with E-state index in [0.717, 1.165) is 25.3 Å². The number of carbonyl (C=O) groups is 1. The van der Waals surface area contributed by atoms with Crippen LogP contribution in [0.3, 0.4) is 0 Å². The molecule has 1 aromatic rings. The number of hydrogen-bond donors (Lipinski definition) is 1. The Morgan fingerprint density at radius 1 is 1.58 bits per heavy atom. The van der Waals surface area contributed by atoms with E-state index in [1.807, 2.05) is 0 Å². The van der Waals surface area contributed by atoms with E-state index in [-0.39, 0.29) is 17.3 Å². The average Bonchev–Trinajstić information content (AvgIpc) is 2.26. The monoisotopic (exact) mass is 264 g/mol. The Labute approximate surface area is 113 Å². The molecule has 1 aromatic heterocycles. The molecule has 1 aliphatic rings. The van der Waals surface area contributed by atoms with Crippen LogP contribution in [-0.2, 0) is 11.3 Å². The molecule has 0 radical (unpaired) electrons. The first-order valence-electron chi connectivity index (χ1n) is 6.44. The molecule has 104 valence electrons. The highest BCUT2D eigenvalue weighted by Crippen LogP contribution is 2.21. The Kier molecular flexibility index (Phi) is 3.87. The zero-order valence-corrected chi connectivity index (χ0v) is 11.6. The minimum atomic E-state index is -0.944.